The molecule has 4 heteroatoms. The van der Waals surface area contributed by atoms with Gasteiger partial charge in [-0.3, -0.25) is 4.79 Å². The fourth-order valence-corrected chi connectivity index (χ4v) is 2.24. The molecule has 1 aliphatic rings. The van der Waals surface area contributed by atoms with E-state index in [0.717, 1.165) is 5.82 Å². The van der Waals surface area contributed by atoms with Gasteiger partial charge in [-0.1, -0.05) is 19.3 Å². The molecule has 0 atom stereocenters. The molecule has 4 nitrogen and oxygen atoms in total. The minimum atomic E-state index is -0.00735. The van der Waals surface area contributed by atoms with Gasteiger partial charge in [0.25, 0.3) is 0 Å². The Bertz CT molecular complexity index is 364. The van der Waals surface area contributed by atoms with Crippen LogP contribution in [0.2, 0.25) is 0 Å². The number of rotatable bonds is 2. The molecule has 15 heavy (non-hydrogen) atoms. The predicted molar refractivity (Wildman–Crippen MR) is 56.8 cm³/mol. The summed E-state index contributed by atoms with van der Waals surface area (Å²) in [4.78, 5) is 15.6. The van der Waals surface area contributed by atoms with Crippen LogP contribution in [0.4, 0.5) is 0 Å². The van der Waals surface area contributed by atoms with Crippen LogP contribution >= 0.6 is 0 Å². The number of Topliss-reactive ketones (excluding diaryl/α,β-unsaturated/α-hetero) is 1. The zero-order chi connectivity index (χ0) is 10.8. The largest absolute Gasteiger partial charge is 0.291 e. The second-order valence-corrected chi connectivity index (χ2v) is 4.31. The molecule has 0 spiro atoms. The lowest BCUT2D eigenvalue weighted by molar-refractivity contribution is 0.0999. The van der Waals surface area contributed by atoms with Gasteiger partial charge >= 0.3 is 0 Å². The van der Waals surface area contributed by atoms with Crippen molar-refractivity contribution < 1.29 is 4.79 Å². The zero-order valence-corrected chi connectivity index (χ0v) is 9.36. The number of nitrogens with zero attached hydrogens (tertiary/aromatic N) is 3. The molecule has 1 aromatic heterocycles. The van der Waals surface area contributed by atoms with Gasteiger partial charge < -0.3 is 0 Å². The van der Waals surface area contributed by atoms with Crippen LogP contribution in [0.5, 0.6) is 0 Å². The van der Waals surface area contributed by atoms with Gasteiger partial charge in [0.15, 0.2) is 17.4 Å². The van der Waals surface area contributed by atoms with Gasteiger partial charge in [0.2, 0.25) is 0 Å². The summed E-state index contributed by atoms with van der Waals surface area (Å²) in [6.45, 7) is 1.54. The highest BCUT2D eigenvalue weighted by atomic mass is 16.1. The lowest BCUT2D eigenvalue weighted by Gasteiger charge is -2.18. The van der Waals surface area contributed by atoms with Crippen LogP contribution in [-0.4, -0.2) is 20.5 Å². The van der Waals surface area contributed by atoms with Crippen LogP contribution < -0.4 is 0 Å². The van der Waals surface area contributed by atoms with Crippen molar-refractivity contribution in [2.24, 2.45) is 7.05 Å². The summed E-state index contributed by atoms with van der Waals surface area (Å²) in [6.07, 6.45) is 6.18. The summed E-state index contributed by atoms with van der Waals surface area (Å²) in [6, 6.07) is 0. The predicted octanol–water partition coefficient (Wildman–Crippen LogP) is 2.07. The van der Waals surface area contributed by atoms with E-state index in [4.69, 9.17) is 0 Å². The molecule has 0 N–H and O–H groups in total. The summed E-state index contributed by atoms with van der Waals surface area (Å²) in [7, 11) is 1.79. The van der Waals surface area contributed by atoms with Gasteiger partial charge in [0.1, 0.15) is 0 Å². The molecule has 1 aliphatic carbocycles. The molecular formula is C11H17N3O. The fourth-order valence-electron chi connectivity index (χ4n) is 2.24. The molecule has 0 aliphatic heterocycles. The Labute approximate surface area is 89.7 Å². The number of ketones is 1. The van der Waals surface area contributed by atoms with Crippen molar-refractivity contribution in [3.05, 3.63) is 11.6 Å². The zero-order valence-electron chi connectivity index (χ0n) is 9.36. The van der Waals surface area contributed by atoms with Gasteiger partial charge in [0, 0.05) is 19.9 Å². The van der Waals surface area contributed by atoms with Crippen LogP contribution in [0.15, 0.2) is 0 Å². The van der Waals surface area contributed by atoms with Gasteiger partial charge in [-0.15, -0.1) is 0 Å². The van der Waals surface area contributed by atoms with E-state index in [1.165, 1.54) is 39.0 Å². The summed E-state index contributed by atoms with van der Waals surface area (Å²) in [5, 5.41) is 4.34. The molecule has 1 fully saturated rings. The monoisotopic (exact) mass is 207 g/mol. The van der Waals surface area contributed by atoms with E-state index in [1.54, 1.807) is 11.7 Å². The van der Waals surface area contributed by atoms with Gasteiger partial charge in [0.05, 0.1) is 0 Å². The van der Waals surface area contributed by atoms with Crippen molar-refractivity contribution in [3.63, 3.8) is 0 Å². The normalized spacial score (nSPS) is 18.0. The first-order valence-electron chi connectivity index (χ1n) is 5.60. The third kappa shape index (κ3) is 2.08. The second kappa shape index (κ2) is 4.13. The Hall–Kier alpha value is -1.19. The number of aryl methyl sites for hydroxylation is 1. The van der Waals surface area contributed by atoms with Crippen LogP contribution in [-0.2, 0) is 7.05 Å². The van der Waals surface area contributed by atoms with Crippen molar-refractivity contribution in [1.29, 1.82) is 0 Å². The second-order valence-electron chi connectivity index (χ2n) is 4.31. The van der Waals surface area contributed by atoms with E-state index in [9.17, 15) is 4.79 Å². The third-order valence-corrected chi connectivity index (χ3v) is 3.06. The molecule has 0 unspecified atom stereocenters. The number of aromatic nitrogens is 3. The van der Waals surface area contributed by atoms with Crippen LogP contribution in [0, 0.1) is 0 Å². The highest BCUT2D eigenvalue weighted by Crippen LogP contribution is 2.30. The van der Waals surface area contributed by atoms with Crippen molar-refractivity contribution >= 4 is 5.78 Å². The van der Waals surface area contributed by atoms with Gasteiger partial charge in [-0.25, -0.2) is 9.67 Å². The highest BCUT2D eigenvalue weighted by Gasteiger charge is 2.21. The first kappa shape index (κ1) is 10.3. The SMILES string of the molecule is CC(=O)c1nc(C2CCCCC2)nn1C. The summed E-state index contributed by atoms with van der Waals surface area (Å²) in [5.74, 6) is 1.81. The maximum Gasteiger partial charge on any atom is 0.196 e. The van der Waals surface area contributed by atoms with E-state index >= 15 is 0 Å². The topological polar surface area (TPSA) is 47.8 Å². The summed E-state index contributed by atoms with van der Waals surface area (Å²) < 4.78 is 1.60. The summed E-state index contributed by atoms with van der Waals surface area (Å²) in [5.41, 5.74) is 0. The average molecular weight is 207 g/mol. The molecular weight excluding hydrogens is 190 g/mol. The van der Waals surface area contributed by atoms with Crippen LogP contribution in [0.25, 0.3) is 0 Å². The van der Waals surface area contributed by atoms with Crippen molar-refractivity contribution in [2.45, 2.75) is 44.9 Å². The highest BCUT2D eigenvalue weighted by molar-refractivity contribution is 5.90. The maximum atomic E-state index is 11.2. The quantitative estimate of drug-likeness (QED) is 0.697. The lowest BCUT2D eigenvalue weighted by Crippen LogP contribution is -2.06. The van der Waals surface area contributed by atoms with Crippen molar-refractivity contribution in [1.82, 2.24) is 14.8 Å². The van der Waals surface area contributed by atoms with Gasteiger partial charge in [-0.05, 0) is 12.8 Å². The number of carbonyl (C=O) groups is 1. The Kier molecular flexibility index (Phi) is 2.84. The van der Waals surface area contributed by atoms with E-state index in [0.29, 0.717) is 11.7 Å². The minimum Gasteiger partial charge on any atom is -0.291 e. The molecule has 1 heterocycles. The molecule has 0 amide bonds. The first-order valence-corrected chi connectivity index (χ1v) is 5.60. The first-order chi connectivity index (χ1) is 7.18. The third-order valence-electron chi connectivity index (χ3n) is 3.06. The Morgan fingerprint density at radius 1 is 1.33 bits per heavy atom. The molecule has 1 aromatic rings. The lowest BCUT2D eigenvalue weighted by atomic mass is 9.89. The number of carbonyl (C=O) groups excluding carboxylic acids is 1. The summed E-state index contributed by atoms with van der Waals surface area (Å²) >= 11 is 0. The molecule has 1 saturated carbocycles. The maximum absolute atomic E-state index is 11.2. The van der Waals surface area contributed by atoms with E-state index in [1.807, 2.05) is 0 Å². The van der Waals surface area contributed by atoms with Crippen LogP contribution in [0.3, 0.4) is 0 Å². The molecule has 0 saturated heterocycles. The molecule has 0 radical (unpaired) electrons. The Morgan fingerprint density at radius 2 is 2.00 bits per heavy atom. The van der Waals surface area contributed by atoms with E-state index < -0.39 is 0 Å². The number of hydrogen-bond donors (Lipinski definition) is 0. The molecule has 82 valence electrons. The standard InChI is InChI=1S/C11H17N3O/c1-8(15)11-12-10(13-14(11)2)9-6-4-3-5-7-9/h9H,3-7H2,1-2H3. The van der Waals surface area contributed by atoms with Crippen molar-refractivity contribution in [2.75, 3.05) is 0 Å². The Balaban J connectivity index is 2.21. The smallest absolute Gasteiger partial charge is 0.196 e. The molecule has 0 aromatic carbocycles. The van der Waals surface area contributed by atoms with E-state index in [-0.39, 0.29) is 5.78 Å². The molecule has 0 bridgehead atoms. The number of hydrogen-bond acceptors (Lipinski definition) is 3. The minimum absolute atomic E-state index is 0.00735. The van der Waals surface area contributed by atoms with Crippen molar-refractivity contribution in [3.8, 4) is 0 Å². The Morgan fingerprint density at radius 3 is 2.53 bits per heavy atom. The van der Waals surface area contributed by atoms with Gasteiger partial charge in [-0.2, -0.15) is 5.10 Å². The fraction of sp³-hybridized carbons (Fsp3) is 0.727. The van der Waals surface area contributed by atoms with E-state index in [2.05, 4.69) is 10.1 Å². The van der Waals surface area contributed by atoms with Crippen LogP contribution in [0.1, 0.15) is 61.4 Å². The molecule has 2 rings (SSSR count). The average Bonchev–Trinajstić information content (AvgIpc) is 2.62.